The van der Waals surface area contributed by atoms with Crippen LogP contribution in [0.25, 0.3) is 0 Å². The van der Waals surface area contributed by atoms with E-state index in [2.05, 4.69) is 15.3 Å². The fourth-order valence-electron chi connectivity index (χ4n) is 3.04. The van der Waals surface area contributed by atoms with Gasteiger partial charge >= 0.3 is 0 Å². The van der Waals surface area contributed by atoms with Gasteiger partial charge in [0.1, 0.15) is 5.82 Å². The van der Waals surface area contributed by atoms with Crippen molar-refractivity contribution in [2.24, 2.45) is 0 Å². The molecule has 1 aromatic heterocycles. The Labute approximate surface area is 141 Å². The van der Waals surface area contributed by atoms with Crippen LogP contribution >= 0.6 is 0 Å². The number of hydrogen-bond acceptors (Lipinski definition) is 4. The van der Waals surface area contributed by atoms with E-state index in [-0.39, 0.29) is 29.8 Å². The highest BCUT2D eigenvalue weighted by Crippen LogP contribution is 2.13. The largest absolute Gasteiger partial charge is 0.354 e. The number of aryl methyl sites for hydroxylation is 2. The lowest BCUT2D eigenvalue weighted by Crippen LogP contribution is -2.47. The van der Waals surface area contributed by atoms with E-state index in [9.17, 15) is 14.4 Å². The fourth-order valence-corrected chi connectivity index (χ4v) is 3.04. The number of hydrogen-bond donors (Lipinski definition) is 2. The van der Waals surface area contributed by atoms with Crippen molar-refractivity contribution in [3.8, 4) is 0 Å². The number of carbonyl (C=O) groups excluding carboxylic acids is 2. The molecule has 7 nitrogen and oxygen atoms in total. The van der Waals surface area contributed by atoms with Crippen LogP contribution in [0.15, 0.2) is 4.79 Å². The summed E-state index contributed by atoms with van der Waals surface area (Å²) in [5, 5.41) is 2.86. The average molecular weight is 334 g/mol. The first kappa shape index (κ1) is 18.2. The molecule has 0 aromatic carbocycles. The van der Waals surface area contributed by atoms with E-state index in [1.54, 1.807) is 13.8 Å². The standard InChI is InChI=1S/C17H26N4O3/c1-11(21-9-5-4-6-16(21)23)10-18-15(22)8-7-14-12(2)19-13(3)20-17(14)24/h11H,4-10H2,1-3H3,(H,18,22)(H,19,20,24)/t11-/m0/s1. The Morgan fingerprint density at radius 3 is 2.75 bits per heavy atom. The van der Waals surface area contributed by atoms with Crippen molar-refractivity contribution in [1.29, 1.82) is 0 Å². The Morgan fingerprint density at radius 2 is 2.08 bits per heavy atom. The van der Waals surface area contributed by atoms with Gasteiger partial charge in [0.2, 0.25) is 11.8 Å². The van der Waals surface area contributed by atoms with Gasteiger partial charge in [-0.25, -0.2) is 4.98 Å². The van der Waals surface area contributed by atoms with Gasteiger partial charge in [-0.15, -0.1) is 0 Å². The summed E-state index contributed by atoms with van der Waals surface area (Å²) in [5.74, 6) is 0.618. The summed E-state index contributed by atoms with van der Waals surface area (Å²) in [6.45, 7) is 6.65. The first-order valence-electron chi connectivity index (χ1n) is 8.51. The molecule has 132 valence electrons. The van der Waals surface area contributed by atoms with Gasteiger partial charge in [0, 0.05) is 43.2 Å². The number of carbonyl (C=O) groups is 2. The molecule has 0 spiro atoms. The molecule has 2 amide bonds. The van der Waals surface area contributed by atoms with E-state index in [0.717, 1.165) is 19.4 Å². The first-order valence-corrected chi connectivity index (χ1v) is 8.51. The molecule has 24 heavy (non-hydrogen) atoms. The van der Waals surface area contributed by atoms with Crippen molar-refractivity contribution in [3.05, 3.63) is 27.4 Å². The maximum atomic E-state index is 12.0. The summed E-state index contributed by atoms with van der Waals surface area (Å²) < 4.78 is 0. The van der Waals surface area contributed by atoms with Gasteiger partial charge in [0.05, 0.1) is 0 Å². The number of nitrogens with one attached hydrogen (secondary N) is 2. The molecule has 1 aromatic rings. The highest BCUT2D eigenvalue weighted by atomic mass is 16.2. The Bertz CT molecular complexity index is 668. The maximum absolute atomic E-state index is 12.0. The maximum Gasteiger partial charge on any atom is 0.254 e. The molecule has 1 aliphatic heterocycles. The van der Waals surface area contributed by atoms with Gasteiger partial charge in [-0.1, -0.05) is 0 Å². The number of piperidine rings is 1. The zero-order valence-electron chi connectivity index (χ0n) is 14.6. The molecule has 2 rings (SSSR count). The Balaban J connectivity index is 1.81. The van der Waals surface area contributed by atoms with Gasteiger partial charge in [0.25, 0.3) is 5.56 Å². The van der Waals surface area contributed by atoms with Gasteiger partial charge in [0.15, 0.2) is 0 Å². The molecule has 1 fully saturated rings. The van der Waals surface area contributed by atoms with E-state index >= 15 is 0 Å². The van der Waals surface area contributed by atoms with E-state index in [1.165, 1.54) is 0 Å². The molecule has 0 bridgehead atoms. The number of likely N-dealkylation sites (tertiary alicyclic amines) is 1. The molecule has 2 N–H and O–H groups in total. The average Bonchev–Trinajstić information content (AvgIpc) is 2.52. The molecular formula is C17H26N4O3. The zero-order valence-corrected chi connectivity index (χ0v) is 14.6. The quantitative estimate of drug-likeness (QED) is 0.806. The monoisotopic (exact) mass is 334 g/mol. The second-order valence-corrected chi connectivity index (χ2v) is 6.41. The SMILES string of the molecule is Cc1nc(C)c(CCC(=O)NC[C@H](C)N2CCCCC2=O)c(=O)[nH]1. The fraction of sp³-hybridized carbons (Fsp3) is 0.647. The molecule has 1 saturated heterocycles. The van der Waals surface area contributed by atoms with E-state index in [4.69, 9.17) is 0 Å². The number of rotatable bonds is 6. The Morgan fingerprint density at radius 1 is 1.33 bits per heavy atom. The predicted molar refractivity (Wildman–Crippen MR) is 90.7 cm³/mol. The molecule has 0 unspecified atom stereocenters. The lowest BCUT2D eigenvalue weighted by atomic mass is 10.1. The zero-order chi connectivity index (χ0) is 17.7. The van der Waals surface area contributed by atoms with Crippen molar-refractivity contribution >= 4 is 11.8 Å². The minimum absolute atomic E-state index is 0.00655. The number of amides is 2. The highest BCUT2D eigenvalue weighted by molar-refractivity contribution is 5.78. The number of aromatic amines is 1. The first-order chi connectivity index (χ1) is 11.4. The minimum atomic E-state index is -0.180. The smallest absolute Gasteiger partial charge is 0.254 e. The Kier molecular flexibility index (Phi) is 6.11. The van der Waals surface area contributed by atoms with Crippen LogP contribution in [0.4, 0.5) is 0 Å². The normalized spacial score (nSPS) is 16.1. The Hall–Kier alpha value is -2.18. The predicted octanol–water partition coefficient (Wildman–Crippen LogP) is 0.837. The third-order valence-electron chi connectivity index (χ3n) is 4.43. The molecular weight excluding hydrogens is 308 g/mol. The van der Waals surface area contributed by atoms with Crippen LogP contribution in [0.5, 0.6) is 0 Å². The molecule has 2 heterocycles. The third kappa shape index (κ3) is 4.66. The van der Waals surface area contributed by atoms with Crippen molar-refractivity contribution in [2.75, 3.05) is 13.1 Å². The summed E-state index contributed by atoms with van der Waals surface area (Å²) >= 11 is 0. The highest BCUT2D eigenvalue weighted by Gasteiger charge is 2.23. The van der Waals surface area contributed by atoms with Crippen LogP contribution in [0, 0.1) is 13.8 Å². The van der Waals surface area contributed by atoms with Crippen LogP contribution in [-0.4, -0.2) is 45.8 Å². The lowest BCUT2D eigenvalue weighted by Gasteiger charge is -2.32. The van der Waals surface area contributed by atoms with Gasteiger partial charge < -0.3 is 15.2 Å². The summed E-state index contributed by atoms with van der Waals surface area (Å²) in [6, 6.07) is -0.00655. The van der Waals surface area contributed by atoms with Crippen LogP contribution in [0.2, 0.25) is 0 Å². The van der Waals surface area contributed by atoms with Crippen LogP contribution in [0.3, 0.4) is 0 Å². The number of H-pyrrole nitrogens is 1. The van der Waals surface area contributed by atoms with Crippen molar-refractivity contribution in [1.82, 2.24) is 20.2 Å². The molecule has 1 aliphatic rings. The summed E-state index contributed by atoms with van der Waals surface area (Å²) in [7, 11) is 0. The van der Waals surface area contributed by atoms with Crippen molar-refractivity contribution in [2.45, 2.75) is 58.9 Å². The van der Waals surface area contributed by atoms with E-state index in [0.29, 0.717) is 36.5 Å². The van der Waals surface area contributed by atoms with Gasteiger partial charge in [-0.2, -0.15) is 0 Å². The molecule has 7 heteroatoms. The molecule has 0 aliphatic carbocycles. The molecule has 0 radical (unpaired) electrons. The van der Waals surface area contributed by atoms with Gasteiger partial charge in [-0.3, -0.25) is 14.4 Å². The second kappa shape index (κ2) is 8.08. The van der Waals surface area contributed by atoms with Crippen LogP contribution in [-0.2, 0) is 16.0 Å². The van der Waals surface area contributed by atoms with Crippen LogP contribution < -0.4 is 10.9 Å². The number of nitrogens with zero attached hydrogens (tertiary/aromatic N) is 2. The third-order valence-corrected chi connectivity index (χ3v) is 4.43. The molecule has 1 atom stereocenters. The van der Waals surface area contributed by atoms with Crippen molar-refractivity contribution < 1.29 is 9.59 Å². The number of aromatic nitrogens is 2. The topological polar surface area (TPSA) is 95.2 Å². The van der Waals surface area contributed by atoms with Crippen molar-refractivity contribution in [3.63, 3.8) is 0 Å². The summed E-state index contributed by atoms with van der Waals surface area (Å²) in [6.07, 6.45) is 3.16. The van der Waals surface area contributed by atoms with Gasteiger partial charge in [-0.05, 0) is 40.0 Å². The summed E-state index contributed by atoms with van der Waals surface area (Å²) in [4.78, 5) is 44.5. The van der Waals surface area contributed by atoms with E-state index in [1.807, 2.05) is 11.8 Å². The second-order valence-electron chi connectivity index (χ2n) is 6.41. The van der Waals surface area contributed by atoms with E-state index < -0.39 is 0 Å². The molecule has 0 saturated carbocycles. The summed E-state index contributed by atoms with van der Waals surface area (Å²) in [5.41, 5.74) is 1.03. The lowest BCUT2D eigenvalue weighted by molar-refractivity contribution is -0.135. The van der Waals surface area contributed by atoms with Crippen LogP contribution in [0.1, 0.15) is 49.7 Å². The minimum Gasteiger partial charge on any atom is -0.354 e.